The highest BCUT2D eigenvalue weighted by Crippen LogP contribution is 2.30. The van der Waals surface area contributed by atoms with E-state index in [1.807, 2.05) is 0 Å². The molecule has 0 unspecified atom stereocenters. The summed E-state index contributed by atoms with van der Waals surface area (Å²) in [4.78, 5) is 18.2. The normalized spacial score (nSPS) is 18.0. The molecule has 0 spiro atoms. The molecule has 3 rings (SSSR count). The van der Waals surface area contributed by atoms with E-state index in [9.17, 15) is 4.79 Å². The topological polar surface area (TPSA) is 60.2 Å². The molecular formula is C15H16Cl2N4O2. The lowest BCUT2D eigenvalue weighted by Gasteiger charge is -2.16. The fourth-order valence-electron chi connectivity index (χ4n) is 2.73. The number of likely N-dealkylation sites (tertiary alicyclic amines) is 1. The minimum absolute atomic E-state index is 0.0198. The number of rotatable bonds is 5. The molecule has 0 bridgehead atoms. The van der Waals surface area contributed by atoms with Gasteiger partial charge in [-0.25, -0.2) is 9.67 Å². The second-order valence-electron chi connectivity index (χ2n) is 5.36. The highest BCUT2D eigenvalue weighted by atomic mass is 35.5. The second-order valence-corrected chi connectivity index (χ2v) is 6.20. The quantitative estimate of drug-likeness (QED) is 0.827. The molecule has 2 aromatic rings. The third-order valence-electron chi connectivity index (χ3n) is 3.86. The van der Waals surface area contributed by atoms with Gasteiger partial charge in [0.25, 0.3) is 0 Å². The lowest BCUT2D eigenvalue weighted by Crippen LogP contribution is -2.28. The minimum atomic E-state index is -0.0198. The number of benzene rings is 1. The molecule has 0 N–H and O–H groups in total. The first-order chi connectivity index (χ1) is 11.1. The van der Waals surface area contributed by atoms with E-state index in [0.29, 0.717) is 41.8 Å². The Hall–Kier alpha value is -1.63. The fraction of sp³-hybridized carbons (Fsp3) is 0.400. The Morgan fingerprint density at radius 1 is 1.39 bits per heavy atom. The maximum atomic E-state index is 12.1. The third-order valence-corrected chi connectivity index (χ3v) is 4.39. The number of halogens is 2. The Balaban J connectivity index is 1.86. The van der Waals surface area contributed by atoms with Gasteiger partial charge in [-0.3, -0.25) is 4.79 Å². The molecule has 0 saturated carbocycles. The van der Waals surface area contributed by atoms with Crippen molar-refractivity contribution in [2.24, 2.45) is 0 Å². The summed E-state index contributed by atoms with van der Waals surface area (Å²) in [7, 11) is 1.62. The van der Waals surface area contributed by atoms with E-state index < -0.39 is 0 Å². The highest BCUT2D eigenvalue weighted by Gasteiger charge is 2.33. The smallest absolute Gasteiger partial charge is 0.223 e. The van der Waals surface area contributed by atoms with E-state index in [2.05, 4.69) is 10.1 Å². The zero-order chi connectivity index (χ0) is 16.4. The molecule has 8 heteroatoms. The molecule has 1 atom stereocenters. The Labute approximate surface area is 144 Å². The second kappa shape index (κ2) is 6.86. The first-order valence-corrected chi connectivity index (χ1v) is 7.97. The van der Waals surface area contributed by atoms with Crippen LogP contribution in [0.2, 0.25) is 10.0 Å². The molecule has 122 valence electrons. The van der Waals surface area contributed by atoms with Crippen LogP contribution in [0.4, 0.5) is 0 Å². The number of aromatic nitrogens is 3. The summed E-state index contributed by atoms with van der Waals surface area (Å²) in [5.74, 6) is 0.805. The van der Waals surface area contributed by atoms with E-state index >= 15 is 0 Å². The molecule has 6 nitrogen and oxygen atoms in total. The molecule has 1 aliphatic heterocycles. The van der Waals surface area contributed by atoms with Gasteiger partial charge < -0.3 is 9.64 Å². The van der Waals surface area contributed by atoms with Crippen LogP contribution < -0.4 is 0 Å². The van der Waals surface area contributed by atoms with Crippen LogP contribution in [-0.2, 0) is 9.53 Å². The van der Waals surface area contributed by atoms with Crippen LogP contribution in [0.15, 0.2) is 24.5 Å². The van der Waals surface area contributed by atoms with Crippen molar-refractivity contribution in [1.29, 1.82) is 0 Å². The van der Waals surface area contributed by atoms with Crippen molar-refractivity contribution < 1.29 is 9.53 Å². The van der Waals surface area contributed by atoms with Gasteiger partial charge in [-0.05, 0) is 18.2 Å². The van der Waals surface area contributed by atoms with Crippen molar-refractivity contribution in [3.8, 4) is 5.69 Å². The van der Waals surface area contributed by atoms with Crippen LogP contribution in [0.25, 0.3) is 5.69 Å². The lowest BCUT2D eigenvalue weighted by atomic mass is 10.1. The van der Waals surface area contributed by atoms with E-state index in [1.165, 1.54) is 6.33 Å². The zero-order valence-corrected chi connectivity index (χ0v) is 14.1. The van der Waals surface area contributed by atoms with Crippen LogP contribution in [-0.4, -0.2) is 52.4 Å². The summed E-state index contributed by atoms with van der Waals surface area (Å²) < 4.78 is 6.72. The van der Waals surface area contributed by atoms with Crippen molar-refractivity contribution in [3.63, 3.8) is 0 Å². The summed E-state index contributed by atoms with van der Waals surface area (Å²) in [5.41, 5.74) is 0.700. The maximum Gasteiger partial charge on any atom is 0.223 e. The molecule has 1 aromatic heterocycles. The maximum absolute atomic E-state index is 12.1. The van der Waals surface area contributed by atoms with Crippen molar-refractivity contribution in [2.75, 3.05) is 26.8 Å². The van der Waals surface area contributed by atoms with Crippen molar-refractivity contribution in [1.82, 2.24) is 19.7 Å². The van der Waals surface area contributed by atoms with E-state index in [1.54, 1.807) is 34.9 Å². The van der Waals surface area contributed by atoms with Gasteiger partial charge in [-0.1, -0.05) is 23.2 Å². The molecular weight excluding hydrogens is 339 g/mol. The van der Waals surface area contributed by atoms with Gasteiger partial charge in [-0.15, -0.1) is 0 Å². The van der Waals surface area contributed by atoms with Crippen LogP contribution in [0.5, 0.6) is 0 Å². The van der Waals surface area contributed by atoms with E-state index in [4.69, 9.17) is 27.9 Å². The Morgan fingerprint density at radius 3 is 2.96 bits per heavy atom. The molecule has 1 saturated heterocycles. The number of hydrogen-bond acceptors (Lipinski definition) is 4. The summed E-state index contributed by atoms with van der Waals surface area (Å²) in [6, 6.07) is 5.20. The van der Waals surface area contributed by atoms with Crippen LogP contribution in [0, 0.1) is 0 Å². The van der Waals surface area contributed by atoms with Gasteiger partial charge in [0.05, 0.1) is 17.3 Å². The summed E-state index contributed by atoms with van der Waals surface area (Å²) in [6.45, 7) is 1.71. The summed E-state index contributed by atoms with van der Waals surface area (Å²) in [6.07, 6.45) is 1.89. The minimum Gasteiger partial charge on any atom is -0.383 e. The average Bonchev–Trinajstić information content (AvgIpc) is 3.12. The zero-order valence-electron chi connectivity index (χ0n) is 12.6. The van der Waals surface area contributed by atoms with Gasteiger partial charge in [0.2, 0.25) is 5.91 Å². The monoisotopic (exact) mass is 354 g/mol. The Kier molecular flexibility index (Phi) is 4.84. The van der Waals surface area contributed by atoms with Crippen LogP contribution in [0.3, 0.4) is 0 Å². The number of carbonyl (C=O) groups is 1. The standard InChI is InChI=1S/C15H16Cl2N4O2/c1-23-5-4-20-8-10(6-14(20)22)15-18-9-19-21(15)13-3-2-11(16)7-12(13)17/h2-3,7,9-10H,4-6,8H2,1H3/t10-/m1/s1. The van der Waals surface area contributed by atoms with E-state index in [-0.39, 0.29) is 11.8 Å². The predicted octanol–water partition coefficient (Wildman–Crippen LogP) is 2.54. The number of methoxy groups -OCH3 is 1. The van der Waals surface area contributed by atoms with Crippen LogP contribution >= 0.6 is 23.2 Å². The average molecular weight is 355 g/mol. The van der Waals surface area contributed by atoms with Gasteiger partial charge >= 0.3 is 0 Å². The first kappa shape index (κ1) is 16.2. The molecule has 1 fully saturated rings. The van der Waals surface area contributed by atoms with Crippen molar-refractivity contribution in [2.45, 2.75) is 12.3 Å². The molecule has 1 aliphatic rings. The van der Waals surface area contributed by atoms with E-state index in [0.717, 1.165) is 5.82 Å². The SMILES string of the molecule is COCCN1C[C@H](c2ncnn2-c2ccc(Cl)cc2Cl)CC1=O. The fourth-order valence-corrected chi connectivity index (χ4v) is 3.22. The summed E-state index contributed by atoms with van der Waals surface area (Å²) >= 11 is 12.2. The molecule has 23 heavy (non-hydrogen) atoms. The molecule has 2 heterocycles. The highest BCUT2D eigenvalue weighted by molar-refractivity contribution is 6.35. The number of nitrogens with zero attached hydrogens (tertiary/aromatic N) is 4. The number of carbonyl (C=O) groups excluding carboxylic acids is 1. The number of hydrogen-bond donors (Lipinski definition) is 0. The number of ether oxygens (including phenoxy) is 1. The number of amides is 1. The Morgan fingerprint density at radius 2 is 2.22 bits per heavy atom. The lowest BCUT2D eigenvalue weighted by molar-refractivity contribution is -0.128. The van der Waals surface area contributed by atoms with Gasteiger partial charge in [-0.2, -0.15) is 5.10 Å². The van der Waals surface area contributed by atoms with Crippen LogP contribution in [0.1, 0.15) is 18.2 Å². The molecule has 1 amide bonds. The van der Waals surface area contributed by atoms with Crippen molar-refractivity contribution >= 4 is 29.1 Å². The largest absolute Gasteiger partial charge is 0.383 e. The Bertz CT molecular complexity index is 719. The van der Waals surface area contributed by atoms with Crippen molar-refractivity contribution in [3.05, 3.63) is 40.4 Å². The molecule has 0 aliphatic carbocycles. The molecule has 0 radical (unpaired) electrons. The van der Waals surface area contributed by atoms with Gasteiger partial charge in [0.15, 0.2) is 0 Å². The molecule has 1 aromatic carbocycles. The van der Waals surface area contributed by atoms with Gasteiger partial charge in [0.1, 0.15) is 12.2 Å². The first-order valence-electron chi connectivity index (χ1n) is 7.22. The van der Waals surface area contributed by atoms with Gasteiger partial charge in [0, 0.05) is 37.6 Å². The predicted molar refractivity (Wildman–Crippen MR) is 87.2 cm³/mol. The third kappa shape index (κ3) is 3.34. The summed E-state index contributed by atoms with van der Waals surface area (Å²) in [5, 5.41) is 5.31.